The number of aliphatic hydroxyl groups is 1. The lowest BCUT2D eigenvalue weighted by atomic mass is 9.77. The molecule has 0 spiro atoms. The Kier molecular flexibility index (Phi) is 5.48. The molecule has 2 aromatic heterocycles. The highest BCUT2D eigenvalue weighted by Gasteiger charge is 2.60. The highest BCUT2D eigenvalue weighted by molar-refractivity contribution is 7.18. The first-order valence-electron chi connectivity index (χ1n) is 11.3. The maximum atomic E-state index is 13.3. The summed E-state index contributed by atoms with van der Waals surface area (Å²) in [6.07, 6.45) is -1.24. The van der Waals surface area contributed by atoms with E-state index in [1.807, 2.05) is 6.92 Å². The van der Waals surface area contributed by atoms with E-state index in [0.29, 0.717) is 26.8 Å². The van der Waals surface area contributed by atoms with E-state index in [1.165, 1.54) is 23.2 Å². The van der Waals surface area contributed by atoms with Crippen LogP contribution in [0.5, 0.6) is 0 Å². The first kappa shape index (κ1) is 23.5. The number of imidazole rings is 1. The van der Waals surface area contributed by atoms with Gasteiger partial charge >= 0.3 is 12.1 Å². The number of aliphatic hydroxyl groups excluding tert-OH is 1. The van der Waals surface area contributed by atoms with Gasteiger partial charge in [-0.25, -0.2) is 14.6 Å². The van der Waals surface area contributed by atoms with Crippen LogP contribution in [0, 0.1) is 18.8 Å². The third-order valence-electron chi connectivity index (χ3n) is 6.89. The molecule has 11 nitrogen and oxygen atoms in total. The van der Waals surface area contributed by atoms with Crippen LogP contribution >= 0.6 is 11.3 Å². The first-order valence-corrected chi connectivity index (χ1v) is 12.1. The van der Waals surface area contributed by atoms with Crippen molar-refractivity contribution in [1.82, 2.24) is 14.3 Å². The van der Waals surface area contributed by atoms with Gasteiger partial charge in [0.1, 0.15) is 34.8 Å². The highest BCUT2D eigenvalue weighted by atomic mass is 32.1. The van der Waals surface area contributed by atoms with Gasteiger partial charge in [-0.3, -0.25) is 14.0 Å². The molecular formula is C23H25N3O8S. The van der Waals surface area contributed by atoms with E-state index < -0.39 is 42.4 Å². The molecule has 2 fully saturated rings. The zero-order valence-corrected chi connectivity index (χ0v) is 20.6. The van der Waals surface area contributed by atoms with Crippen molar-refractivity contribution in [3.8, 4) is 0 Å². The molecule has 2 unspecified atom stereocenters. The molecule has 0 saturated carbocycles. The van der Waals surface area contributed by atoms with Crippen molar-refractivity contribution < 1.29 is 38.5 Å². The van der Waals surface area contributed by atoms with Gasteiger partial charge in [0.15, 0.2) is 11.9 Å². The normalized spacial score (nSPS) is 28.6. The number of rotatable bonds is 6. The van der Waals surface area contributed by atoms with Crippen LogP contribution in [-0.2, 0) is 23.8 Å². The number of hydrogen-bond acceptors (Lipinski definition) is 10. The molecule has 1 amide bonds. The predicted molar refractivity (Wildman–Crippen MR) is 121 cm³/mol. The van der Waals surface area contributed by atoms with Crippen molar-refractivity contribution in [2.24, 2.45) is 11.8 Å². The van der Waals surface area contributed by atoms with Crippen LogP contribution in [-0.4, -0.2) is 74.2 Å². The van der Waals surface area contributed by atoms with Gasteiger partial charge in [0.05, 0.1) is 22.9 Å². The topological polar surface area (TPSA) is 137 Å². The van der Waals surface area contributed by atoms with E-state index in [1.54, 1.807) is 31.4 Å². The van der Waals surface area contributed by atoms with Crippen molar-refractivity contribution in [2.45, 2.75) is 59.0 Å². The number of hydrogen-bond donors (Lipinski definition) is 1. The molecule has 5 rings (SSSR count). The summed E-state index contributed by atoms with van der Waals surface area (Å²) in [6, 6.07) is -0.403. The number of Topliss-reactive ketones (excluding diaryl/α,β-unsaturated/α-hetero) is 1. The summed E-state index contributed by atoms with van der Waals surface area (Å²) in [5.74, 6) is -1.56. The van der Waals surface area contributed by atoms with Crippen LogP contribution in [0.3, 0.4) is 0 Å². The van der Waals surface area contributed by atoms with E-state index in [-0.39, 0.29) is 29.9 Å². The largest absolute Gasteiger partial charge is 0.509 e. The summed E-state index contributed by atoms with van der Waals surface area (Å²) >= 11 is 1.31. The Morgan fingerprint density at radius 3 is 2.60 bits per heavy atom. The number of thiazole rings is 1. The van der Waals surface area contributed by atoms with Crippen molar-refractivity contribution in [1.29, 1.82) is 0 Å². The number of carbonyl (C=O) groups excluding carboxylic acids is 4. The van der Waals surface area contributed by atoms with Gasteiger partial charge in [0.25, 0.3) is 0 Å². The van der Waals surface area contributed by atoms with Gasteiger partial charge in [-0.15, -0.1) is 11.3 Å². The van der Waals surface area contributed by atoms with E-state index >= 15 is 0 Å². The number of aryl methyl sites for hydroxylation is 1. The minimum atomic E-state index is -0.881. The summed E-state index contributed by atoms with van der Waals surface area (Å²) in [5, 5.41) is 10.2. The van der Waals surface area contributed by atoms with Crippen molar-refractivity contribution in [2.75, 3.05) is 6.61 Å². The molecule has 12 heteroatoms. The van der Waals surface area contributed by atoms with Crippen molar-refractivity contribution in [3.63, 3.8) is 0 Å². The molecule has 0 bridgehead atoms. The molecule has 2 aromatic rings. The predicted octanol–water partition coefficient (Wildman–Crippen LogP) is 1.94. The number of fused-ring (bicyclic) bond motifs is 2. The number of β-lactam (4-membered cyclic amide) rings is 1. The Bertz CT molecular complexity index is 1310. The average molecular weight is 504 g/mol. The maximum Gasteiger partial charge on any atom is 0.509 e. The lowest BCUT2D eigenvalue weighted by Crippen LogP contribution is -2.63. The maximum absolute atomic E-state index is 13.3. The number of amides is 1. The standard InChI is InChI=1S/C23H25N3O8S/c1-8-15(14-6-25-12(5)24-17(10(3)28)21(25)35-14)19(26-18(8)16(9(2)27)20(26)29)22(30)32-7-13-11(4)33-23(31)34-13/h6,8-9,11,13,16,18,27H,7H2,1-5H3/t8-,9+,11?,13?,16+,18+/m0/s1. The van der Waals surface area contributed by atoms with E-state index in [4.69, 9.17) is 14.2 Å². The number of esters is 1. The lowest BCUT2D eigenvalue weighted by Gasteiger charge is -2.46. The molecule has 0 aliphatic carbocycles. The Morgan fingerprint density at radius 2 is 2.00 bits per heavy atom. The molecule has 1 N–H and O–H groups in total. The first-order chi connectivity index (χ1) is 16.5. The van der Waals surface area contributed by atoms with Gasteiger partial charge in [-0.2, -0.15) is 0 Å². The number of carbonyl (C=O) groups is 4. The van der Waals surface area contributed by atoms with E-state index in [9.17, 15) is 24.3 Å². The summed E-state index contributed by atoms with van der Waals surface area (Å²) in [6.45, 7) is 8.08. The molecule has 3 aliphatic rings. The second-order valence-electron chi connectivity index (χ2n) is 9.18. The summed E-state index contributed by atoms with van der Waals surface area (Å²) in [4.78, 5) is 56.8. The summed E-state index contributed by atoms with van der Waals surface area (Å²) < 4.78 is 17.2. The average Bonchev–Trinajstić information content (AvgIpc) is 3.47. The molecule has 186 valence electrons. The SMILES string of the molecule is CC(=O)c1nc(C)n2cc(C3=C(C(=O)OCC4OC(=O)OC4C)N4C(=O)[C@H]([C@@H](C)O)[C@H]4[C@H]3C)sc12. The number of nitrogens with zero attached hydrogens (tertiary/aromatic N) is 3. The quantitative estimate of drug-likeness (QED) is 0.356. The lowest BCUT2D eigenvalue weighted by molar-refractivity contribution is -0.164. The van der Waals surface area contributed by atoms with Crippen molar-refractivity contribution in [3.05, 3.63) is 28.3 Å². The molecule has 0 aromatic carbocycles. The summed E-state index contributed by atoms with van der Waals surface area (Å²) in [7, 11) is 0. The number of ketones is 1. The second-order valence-corrected chi connectivity index (χ2v) is 10.2. The van der Waals surface area contributed by atoms with Crippen LogP contribution < -0.4 is 0 Å². The van der Waals surface area contributed by atoms with Gasteiger partial charge in [-0.05, 0) is 20.8 Å². The number of cyclic esters (lactones) is 2. The third kappa shape index (κ3) is 3.46. The monoisotopic (exact) mass is 503 g/mol. The molecule has 3 aliphatic heterocycles. The van der Waals surface area contributed by atoms with Crippen LogP contribution in [0.1, 0.15) is 48.9 Å². The fourth-order valence-electron chi connectivity index (χ4n) is 5.13. The van der Waals surface area contributed by atoms with Gasteiger partial charge in [-0.1, -0.05) is 6.92 Å². The Morgan fingerprint density at radius 1 is 1.29 bits per heavy atom. The van der Waals surface area contributed by atoms with Gasteiger partial charge in [0, 0.05) is 24.6 Å². The van der Waals surface area contributed by atoms with Gasteiger partial charge in [0.2, 0.25) is 5.91 Å². The molecular weight excluding hydrogens is 478 g/mol. The molecule has 2 saturated heterocycles. The summed E-state index contributed by atoms with van der Waals surface area (Å²) in [5.41, 5.74) is 1.04. The smallest absolute Gasteiger partial charge is 0.457 e. The van der Waals surface area contributed by atoms with E-state index in [2.05, 4.69) is 4.98 Å². The Hall–Kier alpha value is -3.25. The van der Waals surface area contributed by atoms with Crippen LogP contribution in [0.4, 0.5) is 4.79 Å². The van der Waals surface area contributed by atoms with Gasteiger partial charge < -0.3 is 24.2 Å². The number of ether oxygens (including phenoxy) is 3. The fraction of sp³-hybridized carbons (Fsp3) is 0.522. The molecule has 6 atom stereocenters. The molecule has 35 heavy (non-hydrogen) atoms. The minimum absolute atomic E-state index is 0.0989. The minimum Gasteiger partial charge on any atom is -0.457 e. The number of aromatic nitrogens is 2. The van der Waals surface area contributed by atoms with Crippen molar-refractivity contribution >= 4 is 45.6 Å². The zero-order valence-electron chi connectivity index (χ0n) is 19.8. The van der Waals surface area contributed by atoms with Crippen LogP contribution in [0.25, 0.3) is 10.4 Å². The Labute approximate surface area is 204 Å². The molecule has 5 heterocycles. The fourth-order valence-corrected chi connectivity index (χ4v) is 6.46. The van der Waals surface area contributed by atoms with Crippen LogP contribution in [0.15, 0.2) is 11.9 Å². The third-order valence-corrected chi connectivity index (χ3v) is 8.02. The Balaban J connectivity index is 1.55. The van der Waals surface area contributed by atoms with Crippen LogP contribution in [0.2, 0.25) is 0 Å². The highest BCUT2D eigenvalue weighted by Crippen LogP contribution is 2.52. The second kappa shape index (κ2) is 8.16. The zero-order chi connectivity index (χ0) is 25.3. The van der Waals surface area contributed by atoms with E-state index in [0.717, 1.165) is 0 Å². The molecule has 0 radical (unpaired) electrons.